The van der Waals surface area contributed by atoms with Crippen LogP contribution in [0.15, 0.2) is 43.1 Å². The zero-order valence-corrected chi connectivity index (χ0v) is 21.8. The Balaban J connectivity index is 0.000000207. The Morgan fingerprint density at radius 1 is 1.08 bits per heavy atom. The number of furan rings is 1. The number of hydrogen-bond donors (Lipinski definition) is 0. The molecule has 0 amide bonds. The smallest absolute Gasteiger partial charge is 0.328 e. The van der Waals surface area contributed by atoms with E-state index in [-0.39, 0.29) is 11.1 Å². The van der Waals surface area contributed by atoms with Gasteiger partial charge < -0.3 is 32.5 Å². The quantitative estimate of drug-likeness (QED) is 0.322. The Hall–Kier alpha value is -4.32. The first-order valence-electron chi connectivity index (χ1n) is 11.4. The second-order valence-corrected chi connectivity index (χ2v) is 9.57. The molecule has 0 aliphatic carbocycles. The van der Waals surface area contributed by atoms with Crippen molar-refractivity contribution in [3.8, 4) is 28.9 Å². The predicted molar refractivity (Wildman–Crippen MR) is 134 cm³/mol. The number of imidazole rings is 1. The van der Waals surface area contributed by atoms with Gasteiger partial charge in [-0.3, -0.25) is 9.36 Å². The average Bonchev–Trinajstić information content (AvgIpc) is 3.51. The number of nitrogens with zero attached hydrogens (tertiary/aromatic N) is 5. The first-order chi connectivity index (χ1) is 17.4. The van der Waals surface area contributed by atoms with Crippen LogP contribution in [-0.2, 0) is 14.1 Å². The molecule has 3 aromatic rings. The highest BCUT2D eigenvalue weighted by atomic mass is 16.5. The highest BCUT2D eigenvalue weighted by molar-refractivity contribution is 6.06. The van der Waals surface area contributed by atoms with Crippen LogP contribution >= 0.6 is 0 Å². The standard InChI is InChI=1S/C18H22NO5.C7H8N4O2/c1-11-10-13(20)14-15(23-9-7-19(2,3)4)12-6-8-22-16(12)18(21-5)17(14)24-11;1-10-5-4(8-3-9-5)6(12)11(2)7(10)13/h6,8,10H,7,9H2,1-5H3;3,12H,1-2H3/q+1;/p-1. The van der Waals surface area contributed by atoms with Crippen LogP contribution in [0.3, 0.4) is 0 Å². The third-order valence-corrected chi connectivity index (χ3v) is 5.81. The minimum absolute atomic E-state index is 0.157. The van der Waals surface area contributed by atoms with Crippen molar-refractivity contribution in [3.05, 3.63) is 51.2 Å². The van der Waals surface area contributed by atoms with Crippen molar-refractivity contribution in [2.75, 3.05) is 41.4 Å². The zero-order chi connectivity index (χ0) is 27.1. The second kappa shape index (κ2) is 9.62. The summed E-state index contributed by atoms with van der Waals surface area (Å²) in [6, 6.07) is 3.23. The molecule has 2 aliphatic heterocycles. The minimum Gasteiger partial charge on any atom is -0.858 e. The molecule has 0 fully saturated rings. The molecule has 0 radical (unpaired) electrons. The number of rotatable bonds is 5. The molecule has 0 N–H and O–H groups in total. The lowest BCUT2D eigenvalue weighted by Crippen LogP contribution is -2.38. The van der Waals surface area contributed by atoms with Gasteiger partial charge in [0.2, 0.25) is 5.75 Å². The van der Waals surface area contributed by atoms with Crippen LogP contribution in [0.25, 0.3) is 33.5 Å². The molecule has 0 bridgehead atoms. The number of likely N-dealkylation sites (N-methyl/N-ethyl adjacent to an activating group) is 1. The minimum atomic E-state index is -0.407. The number of quaternary nitrogens is 1. The predicted octanol–water partition coefficient (Wildman–Crippen LogP) is 1.63. The maximum absolute atomic E-state index is 12.6. The van der Waals surface area contributed by atoms with Crippen LogP contribution in [0.4, 0.5) is 0 Å². The van der Waals surface area contributed by atoms with E-state index in [1.165, 1.54) is 31.1 Å². The van der Waals surface area contributed by atoms with Gasteiger partial charge in [-0.2, -0.15) is 0 Å². The molecule has 196 valence electrons. The number of aromatic nitrogens is 4. The lowest BCUT2D eigenvalue weighted by molar-refractivity contribution is -0.870. The lowest BCUT2D eigenvalue weighted by atomic mass is 10.1. The van der Waals surface area contributed by atoms with E-state index in [9.17, 15) is 14.7 Å². The van der Waals surface area contributed by atoms with E-state index in [0.29, 0.717) is 51.6 Å². The van der Waals surface area contributed by atoms with Crippen LogP contribution in [0.2, 0.25) is 0 Å². The van der Waals surface area contributed by atoms with Crippen molar-refractivity contribution in [2.24, 2.45) is 14.1 Å². The summed E-state index contributed by atoms with van der Waals surface area (Å²) in [5.74, 6) is 1.32. The Bertz CT molecular complexity index is 1670. The van der Waals surface area contributed by atoms with Gasteiger partial charge in [-0.15, -0.1) is 0 Å². The highest BCUT2D eigenvalue weighted by Crippen LogP contribution is 2.42. The molecule has 0 unspecified atom stereocenters. The van der Waals surface area contributed by atoms with Crippen molar-refractivity contribution < 1.29 is 27.9 Å². The van der Waals surface area contributed by atoms with Gasteiger partial charge in [-0.05, 0) is 18.9 Å². The summed E-state index contributed by atoms with van der Waals surface area (Å²) in [6.07, 6.45) is 2.82. The number of benzene rings is 1. The van der Waals surface area contributed by atoms with Gasteiger partial charge in [0.15, 0.2) is 22.4 Å². The Labute approximate surface area is 211 Å². The van der Waals surface area contributed by atoms with Gasteiger partial charge in [0.1, 0.15) is 42.1 Å². The van der Waals surface area contributed by atoms with Crippen LogP contribution in [0.5, 0.6) is 17.4 Å². The molecule has 12 nitrogen and oxygen atoms in total. The first kappa shape index (κ1) is 25.8. The maximum atomic E-state index is 12.6. The van der Waals surface area contributed by atoms with E-state index in [2.05, 4.69) is 31.1 Å². The van der Waals surface area contributed by atoms with Crippen LogP contribution in [-0.4, -0.2) is 65.0 Å². The summed E-state index contributed by atoms with van der Waals surface area (Å²) >= 11 is 0. The van der Waals surface area contributed by atoms with Crippen molar-refractivity contribution in [1.29, 1.82) is 0 Å². The fourth-order valence-electron chi connectivity index (χ4n) is 3.86. The topological polar surface area (TPSA) is 138 Å². The number of hydrogen-bond acceptors (Lipinski definition) is 9. The number of fused-ring (bicyclic) bond motifs is 3. The third kappa shape index (κ3) is 4.75. The number of ether oxygens (including phenoxy) is 2. The molecule has 0 spiro atoms. The normalized spacial score (nSPS) is 11.6. The van der Waals surface area contributed by atoms with Crippen LogP contribution in [0, 0.1) is 6.92 Å². The van der Waals surface area contributed by atoms with E-state index >= 15 is 0 Å². The van der Waals surface area contributed by atoms with Gasteiger partial charge in [-0.25, -0.2) is 14.8 Å². The fourth-order valence-corrected chi connectivity index (χ4v) is 3.86. The lowest BCUT2D eigenvalue weighted by Gasteiger charge is -2.24. The first-order valence-corrected chi connectivity index (χ1v) is 11.4. The summed E-state index contributed by atoms with van der Waals surface area (Å²) in [5, 5.41) is 12.5. The molecule has 2 aromatic heterocycles. The molecule has 37 heavy (non-hydrogen) atoms. The molecular weight excluding hydrogens is 482 g/mol. The van der Waals surface area contributed by atoms with Crippen LogP contribution in [0.1, 0.15) is 5.76 Å². The van der Waals surface area contributed by atoms with E-state index in [1.807, 2.05) is 0 Å². The molecule has 2 aliphatic rings. The molecule has 0 saturated heterocycles. The van der Waals surface area contributed by atoms with Gasteiger partial charge in [0.05, 0.1) is 39.9 Å². The molecule has 0 atom stereocenters. The summed E-state index contributed by atoms with van der Waals surface area (Å²) in [5.41, 5.74) is 0.544. The van der Waals surface area contributed by atoms with Crippen molar-refractivity contribution in [1.82, 2.24) is 19.1 Å². The van der Waals surface area contributed by atoms with Gasteiger partial charge in [0, 0.05) is 20.2 Å². The Morgan fingerprint density at radius 3 is 2.49 bits per heavy atom. The molecule has 1 aromatic carbocycles. The van der Waals surface area contributed by atoms with Gasteiger partial charge in [-0.1, -0.05) is 0 Å². The molecule has 5 rings (SSSR count). The van der Waals surface area contributed by atoms with Crippen molar-refractivity contribution in [2.45, 2.75) is 6.92 Å². The fraction of sp³-hybridized carbons (Fsp3) is 0.360. The highest BCUT2D eigenvalue weighted by Gasteiger charge is 2.23. The van der Waals surface area contributed by atoms with E-state index < -0.39 is 11.6 Å². The van der Waals surface area contributed by atoms with E-state index in [1.54, 1.807) is 26.3 Å². The largest absolute Gasteiger partial charge is 0.858 e. The zero-order valence-electron chi connectivity index (χ0n) is 21.8. The third-order valence-electron chi connectivity index (χ3n) is 5.81. The monoisotopic (exact) mass is 511 g/mol. The molecule has 12 heteroatoms. The Morgan fingerprint density at radius 2 is 1.81 bits per heavy atom. The number of methoxy groups -OCH3 is 1. The second-order valence-electron chi connectivity index (χ2n) is 9.57. The average molecular weight is 512 g/mol. The molecule has 4 heterocycles. The summed E-state index contributed by atoms with van der Waals surface area (Å²) in [7, 11) is 10.7. The number of aryl methyl sites for hydroxylation is 1. The summed E-state index contributed by atoms with van der Waals surface area (Å²) in [4.78, 5) is 31.5. The van der Waals surface area contributed by atoms with Gasteiger partial charge in [0.25, 0.3) is 0 Å². The Kier molecular flexibility index (Phi) is 6.70. The van der Waals surface area contributed by atoms with Crippen molar-refractivity contribution in [3.63, 3.8) is 0 Å². The molecule has 0 saturated carbocycles. The van der Waals surface area contributed by atoms with E-state index in [0.717, 1.165) is 15.6 Å². The van der Waals surface area contributed by atoms with Gasteiger partial charge >= 0.3 is 5.69 Å². The summed E-state index contributed by atoms with van der Waals surface area (Å²) < 4.78 is 25.8. The maximum Gasteiger partial charge on any atom is 0.328 e. The SMILES string of the molecule is COc1c2occc2c(OCC[N+](C)(C)C)c2c(=O)cc(C)oc12.Cn1c2ncnc-2c([O-])n(C)c1=O. The van der Waals surface area contributed by atoms with Crippen molar-refractivity contribution >= 4 is 21.9 Å². The molecular formula is C25H29N5O7. The van der Waals surface area contributed by atoms with E-state index in [4.69, 9.17) is 18.3 Å². The van der Waals surface area contributed by atoms with Crippen LogP contribution < -0.4 is 25.7 Å². The summed E-state index contributed by atoms with van der Waals surface area (Å²) in [6.45, 7) is 2.99.